The van der Waals surface area contributed by atoms with Crippen LogP contribution in [0.5, 0.6) is 0 Å². The van der Waals surface area contributed by atoms with Crippen LogP contribution >= 0.6 is 0 Å². The maximum atomic E-state index is 11.4. The number of hydrogen-bond acceptors (Lipinski definition) is 5. The van der Waals surface area contributed by atoms with E-state index in [1.54, 1.807) is 0 Å². The van der Waals surface area contributed by atoms with Crippen LogP contribution in [0.2, 0.25) is 0 Å². The molecule has 0 amide bonds. The molecule has 0 saturated carbocycles. The number of ether oxygens (including phenoxy) is 1. The third-order valence-corrected chi connectivity index (χ3v) is 3.93. The molecule has 0 bridgehead atoms. The minimum atomic E-state index is -1.44. The van der Waals surface area contributed by atoms with Crippen molar-refractivity contribution in [2.24, 2.45) is 11.3 Å². The summed E-state index contributed by atoms with van der Waals surface area (Å²) in [6.07, 6.45) is -2.09. The van der Waals surface area contributed by atoms with Gasteiger partial charge in [-0.1, -0.05) is 37.3 Å². The lowest BCUT2D eigenvalue weighted by molar-refractivity contribution is -0.163. The van der Waals surface area contributed by atoms with Gasteiger partial charge in [-0.05, 0) is 5.56 Å². The summed E-state index contributed by atoms with van der Waals surface area (Å²) in [5.41, 5.74) is -0.577. The molecule has 0 aliphatic carbocycles. The Kier molecular flexibility index (Phi) is 7.15. The molecule has 1 aromatic carbocycles. The fourth-order valence-corrected chi connectivity index (χ4v) is 2.38. The summed E-state index contributed by atoms with van der Waals surface area (Å²) in [5.74, 6) is -4.04. The fourth-order valence-electron chi connectivity index (χ4n) is 2.38. The molecule has 0 saturated heterocycles. The van der Waals surface area contributed by atoms with Crippen LogP contribution in [0.1, 0.15) is 18.9 Å². The SMILES string of the molecule is CC(COCc1ccccc1)(C(O)CO)C(CC(=O)O)C(=O)O. The lowest BCUT2D eigenvalue weighted by Gasteiger charge is -2.37. The van der Waals surface area contributed by atoms with E-state index in [-0.39, 0.29) is 13.2 Å². The van der Waals surface area contributed by atoms with Gasteiger partial charge in [0.25, 0.3) is 0 Å². The van der Waals surface area contributed by atoms with E-state index < -0.39 is 42.4 Å². The molecule has 3 atom stereocenters. The van der Waals surface area contributed by atoms with Crippen molar-refractivity contribution in [2.75, 3.05) is 13.2 Å². The highest BCUT2D eigenvalue weighted by atomic mass is 16.5. The average molecular weight is 326 g/mol. The highest BCUT2D eigenvalue weighted by molar-refractivity contribution is 5.78. The van der Waals surface area contributed by atoms with Crippen molar-refractivity contribution >= 4 is 11.9 Å². The Morgan fingerprint density at radius 2 is 1.83 bits per heavy atom. The molecule has 1 rings (SSSR count). The molecule has 0 aromatic heterocycles. The Morgan fingerprint density at radius 1 is 1.22 bits per heavy atom. The number of aliphatic carboxylic acids is 2. The van der Waals surface area contributed by atoms with Crippen LogP contribution < -0.4 is 0 Å². The van der Waals surface area contributed by atoms with E-state index >= 15 is 0 Å². The van der Waals surface area contributed by atoms with Crippen molar-refractivity contribution in [3.05, 3.63) is 35.9 Å². The standard InChI is InChI=1S/C16H22O7/c1-16(13(18)8-17,12(15(21)22)7-14(19)20)10-23-9-11-5-3-2-4-6-11/h2-6,12-13,17-18H,7-10H2,1H3,(H,19,20)(H,21,22). The quantitative estimate of drug-likeness (QED) is 0.500. The van der Waals surface area contributed by atoms with Crippen molar-refractivity contribution in [3.8, 4) is 0 Å². The molecule has 0 fully saturated rings. The van der Waals surface area contributed by atoms with E-state index in [0.29, 0.717) is 0 Å². The Hall–Kier alpha value is -1.96. The molecular weight excluding hydrogens is 304 g/mol. The number of aliphatic hydroxyl groups excluding tert-OH is 2. The minimum Gasteiger partial charge on any atom is -0.481 e. The molecule has 3 unspecified atom stereocenters. The Morgan fingerprint density at radius 3 is 2.30 bits per heavy atom. The molecule has 23 heavy (non-hydrogen) atoms. The van der Waals surface area contributed by atoms with Crippen LogP contribution in [0.3, 0.4) is 0 Å². The lowest BCUT2D eigenvalue weighted by Crippen LogP contribution is -2.48. The summed E-state index contributed by atoms with van der Waals surface area (Å²) in [6.45, 7) is 0.705. The van der Waals surface area contributed by atoms with E-state index in [1.807, 2.05) is 30.3 Å². The molecule has 128 valence electrons. The first-order valence-electron chi connectivity index (χ1n) is 7.16. The highest BCUT2D eigenvalue weighted by Gasteiger charge is 2.46. The molecule has 1 aromatic rings. The summed E-state index contributed by atoms with van der Waals surface area (Å²) in [5, 5.41) is 37.4. The summed E-state index contributed by atoms with van der Waals surface area (Å²) < 4.78 is 5.49. The van der Waals surface area contributed by atoms with Crippen molar-refractivity contribution in [1.82, 2.24) is 0 Å². The van der Waals surface area contributed by atoms with Gasteiger partial charge >= 0.3 is 11.9 Å². The number of carboxylic acid groups (broad SMARTS) is 2. The topological polar surface area (TPSA) is 124 Å². The van der Waals surface area contributed by atoms with Gasteiger partial charge in [0.1, 0.15) is 0 Å². The van der Waals surface area contributed by atoms with Gasteiger partial charge in [-0.2, -0.15) is 0 Å². The van der Waals surface area contributed by atoms with Crippen LogP contribution in [-0.4, -0.2) is 51.7 Å². The Bertz CT molecular complexity index is 516. The number of hydrogen-bond donors (Lipinski definition) is 4. The minimum absolute atomic E-state index is 0.188. The van der Waals surface area contributed by atoms with Gasteiger partial charge in [0.05, 0.1) is 38.3 Å². The van der Waals surface area contributed by atoms with E-state index in [0.717, 1.165) is 5.56 Å². The van der Waals surface area contributed by atoms with Crippen LogP contribution in [0.15, 0.2) is 30.3 Å². The fraction of sp³-hybridized carbons (Fsp3) is 0.500. The van der Waals surface area contributed by atoms with Crippen molar-refractivity contribution in [3.63, 3.8) is 0 Å². The molecule has 0 radical (unpaired) electrons. The zero-order valence-corrected chi connectivity index (χ0v) is 12.9. The maximum absolute atomic E-state index is 11.4. The zero-order valence-electron chi connectivity index (χ0n) is 12.9. The number of carboxylic acids is 2. The predicted octanol–water partition coefficient (Wildman–Crippen LogP) is 0.738. The second-order valence-corrected chi connectivity index (χ2v) is 5.67. The smallest absolute Gasteiger partial charge is 0.307 e. The molecule has 0 spiro atoms. The number of benzene rings is 1. The van der Waals surface area contributed by atoms with Gasteiger partial charge in [-0.15, -0.1) is 0 Å². The second-order valence-electron chi connectivity index (χ2n) is 5.67. The third kappa shape index (κ3) is 5.31. The number of aliphatic hydroxyl groups is 2. The molecule has 7 heteroatoms. The first-order chi connectivity index (χ1) is 10.8. The van der Waals surface area contributed by atoms with Crippen LogP contribution in [-0.2, 0) is 20.9 Å². The molecule has 0 aliphatic rings. The summed E-state index contributed by atoms with van der Waals surface area (Å²) >= 11 is 0. The molecule has 0 heterocycles. The Balaban J connectivity index is 2.87. The third-order valence-electron chi connectivity index (χ3n) is 3.93. The summed E-state index contributed by atoms with van der Waals surface area (Å²) in [7, 11) is 0. The molecular formula is C16H22O7. The zero-order chi connectivity index (χ0) is 17.5. The van der Waals surface area contributed by atoms with E-state index in [9.17, 15) is 24.9 Å². The second kappa shape index (κ2) is 8.61. The highest BCUT2D eigenvalue weighted by Crippen LogP contribution is 2.35. The monoisotopic (exact) mass is 326 g/mol. The molecule has 4 N–H and O–H groups in total. The number of rotatable bonds is 10. The molecule has 7 nitrogen and oxygen atoms in total. The number of carbonyl (C=O) groups is 2. The summed E-state index contributed by atoms with van der Waals surface area (Å²) in [6, 6.07) is 9.14. The normalized spacial score (nSPS) is 16.3. The Labute approximate surface area is 134 Å². The van der Waals surface area contributed by atoms with Crippen LogP contribution in [0.4, 0.5) is 0 Å². The van der Waals surface area contributed by atoms with E-state index in [1.165, 1.54) is 6.92 Å². The van der Waals surface area contributed by atoms with Crippen LogP contribution in [0.25, 0.3) is 0 Å². The lowest BCUT2D eigenvalue weighted by atomic mass is 9.71. The maximum Gasteiger partial charge on any atom is 0.307 e. The van der Waals surface area contributed by atoms with Gasteiger partial charge in [-0.25, -0.2) is 0 Å². The summed E-state index contributed by atoms with van der Waals surface area (Å²) in [4.78, 5) is 22.3. The first kappa shape index (κ1) is 19.1. The van der Waals surface area contributed by atoms with Gasteiger partial charge in [0.15, 0.2) is 0 Å². The van der Waals surface area contributed by atoms with Crippen molar-refractivity contribution in [2.45, 2.75) is 26.1 Å². The van der Waals surface area contributed by atoms with Crippen molar-refractivity contribution in [1.29, 1.82) is 0 Å². The average Bonchev–Trinajstić information content (AvgIpc) is 2.52. The van der Waals surface area contributed by atoms with Crippen molar-refractivity contribution < 1.29 is 34.8 Å². The van der Waals surface area contributed by atoms with Crippen LogP contribution in [0, 0.1) is 11.3 Å². The largest absolute Gasteiger partial charge is 0.481 e. The van der Waals surface area contributed by atoms with Gasteiger partial charge in [0.2, 0.25) is 0 Å². The predicted molar refractivity (Wildman–Crippen MR) is 80.7 cm³/mol. The van der Waals surface area contributed by atoms with E-state index in [4.69, 9.17) is 9.84 Å². The van der Waals surface area contributed by atoms with Gasteiger partial charge in [-0.3, -0.25) is 9.59 Å². The van der Waals surface area contributed by atoms with Gasteiger partial charge in [0, 0.05) is 5.41 Å². The van der Waals surface area contributed by atoms with E-state index in [2.05, 4.69) is 0 Å². The first-order valence-corrected chi connectivity index (χ1v) is 7.16. The molecule has 0 aliphatic heterocycles. The van der Waals surface area contributed by atoms with Gasteiger partial charge < -0.3 is 25.2 Å².